The summed E-state index contributed by atoms with van der Waals surface area (Å²) in [6.07, 6.45) is -32.7. The van der Waals surface area contributed by atoms with Gasteiger partial charge >= 0.3 is 6.09 Å². The Balaban J connectivity index is 1.11. The van der Waals surface area contributed by atoms with E-state index in [2.05, 4.69) is 72.4 Å². The van der Waals surface area contributed by atoms with Crippen molar-refractivity contribution in [3.8, 4) is 10.7 Å². The Morgan fingerprint density at radius 2 is 1.38 bits per heavy atom. The lowest BCUT2D eigenvalue weighted by atomic mass is 9.95. The van der Waals surface area contributed by atoms with Gasteiger partial charge in [0, 0.05) is 54.8 Å². The van der Waals surface area contributed by atoms with Gasteiger partial charge < -0.3 is 183 Å². The lowest BCUT2D eigenvalue weighted by molar-refractivity contribution is -0.366. The van der Waals surface area contributed by atoms with E-state index >= 15 is 9.59 Å². The van der Waals surface area contributed by atoms with Gasteiger partial charge in [-0.25, -0.2) is 29.7 Å². The predicted molar refractivity (Wildman–Crippen MR) is 412 cm³/mol. The zero-order valence-electron chi connectivity index (χ0n) is 65.2. The van der Waals surface area contributed by atoms with Crippen LogP contribution in [0, 0.1) is 6.92 Å². The fourth-order valence-corrected chi connectivity index (χ4v) is 14.1. The molecule has 51 heteroatoms. The van der Waals surface area contributed by atoms with Gasteiger partial charge in [0.1, 0.15) is 112 Å². The fourth-order valence-electron chi connectivity index (χ4n) is 12.4. The van der Waals surface area contributed by atoms with Crippen molar-refractivity contribution in [3.05, 3.63) is 56.8 Å². The van der Waals surface area contributed by atoms with E-state index in [4.69, 9.17) is 68.6 Å². The van der Waals surface area contributed by atoms with E-state index in [1.807, 2.05) is 5.32 Å². The first-order valence-corrected chi connectivity index (χ1v) is 39.7. The van der Waals surface area contributed by atoms with Gasteiger partial charge in [-0.15, -0.1) is 22.7 Å². The largest absolute Gasteiger partial charge is 0.465 e. The number of primary amides is 2. The highest BCUT2D eigenvalue weighted by Crippen LogP contribution is 2.36. The number of unbranched alkanes of at least 4 members (excludes halogenated alkanes) is 1. The number of H-pyrrole nitrogens is 1. The topological polar surface area (TPSA) is 822 Å². The molecular weight excluding hydrogens is 1620 g/mol. The number of thiazole rings is 2. The number of rotatable bonds is 47. The van der Waals surface area contributed by atoms with Gasteiger partial charge in [0.2, 0.25) is 35.4 Å². The minimum Gasteiger partial charge on any atom is -0.465 e. The first-order valence-electron chi connectivity index (χ1n) is 37.9. The molecule has 9 amide bonds. The number of carbonyl (C=O) groups is 9. The average molecular weight is 1730 g/mol. The summed E-state index contributed by atoms with van der Waals surface area (Å²) in [5.41, 5.74) is 39.9. The number of hydrogen-bond donors (Lipinski definition) is 29. The van der Waals surface area contributed by atoms with Crippen molar-refractivity contribution < 1.29 is 133 Å². The number of aliphatic hydroxyl groups is 11. The molecular formula is C68H110N22O27S2. The Bertz CT molecular complexity index is 3960. The lowest BCUT2D eigenvalue weighted by Gasteiger charge is -2.47. The molecule has 0 aliphatic carbocycles. The number of amides is 9. The molecule has 0 radical (unpaired) electrons. The summed E-state index contributed by atoms with van der Waals surface area (Å²) in [7, 11) is 0. The summed E-state index contributed by atoms with van der Waals surface area (Å²) < 4.78 is 35.6. The number of aliphatic hydroxyl groups excluding tert-OH is 11. The number of aromatic nitrogens is 6. The highest BCUT2D eigenvalue weighted by Gasteiger charge is 2.54. The molecule has 7 rings (SSSR count). The number of hydrogen-bond acceptors (Lipinski definition) is 40. The summed E-state index contributed by atoms with van der Waals surface area (Å²) in [5.74, 6) is -8.66. The van der Waals surface area contributed by atoms with Crippen LogP contribution in [0.5, 0.6) is 0 Å². The molecule has 666 valence electrons. The highest BCUT2D eigenvalue weighted by atomic mass is 32.1. The second-order valence-electron chi connectivity index (χ2n) is 28.6. The van der Waals surface area contributed by atoms with Crippen LogP contribution in [0.25, 0.3) is 10.7 Å². The Kier molecular flexibility index (Phi) is 38.1. The van der Waals surface area contributed by atoms with Crippen LogP contribution in [-0.4, -0.2) is 338 Å². The Labute approximate surface area is 687 Å². The third kappa shape index (κ3) is 27.5. The molecule has 119 heavy (non-hydrogen) atoms. The molecule has 49 nitrogen and oxygen atoms in total. The van der Waals surface area contributed by atoms with Crippen LogP contribution in [0.2, 0.25) is 0 Å². The quantitative estimate of drug-likeness (QED) is 0.0144. The number of aromatic amines is 1. The van der Waals surface area contributed by atoms with Crippen molar-refractivity contribution >= 4 is 81.8 Å². The number of carbonyl (C=O) groups excluding carboxylic acids is 8. The molecule has 0 aromatic carbocycles. The van der Waals surface area contributed by atoms with E-state index in [9.17, 15) is 94.8 Å². The van der Waals surface area contributed by atoms with Crippen molar-refractivity contribution in [1.29, 1.82) is 0 Å². The molecule has 0 spiro atoms. The fraction of sp³-hybridized carbons (Fsp3) is 0.676. The zero-order valence-corrected chi connectivity index (χ0v) is 66.9. The average Bonchev–Trinajstić information content (AvgIpc) is 1.21. The SMILES string of the molecule is Cc1c(N)nc(C(CC(N)=O)NCC(N)C(N)=O)nc1C(=O)NC(C(=O)NC(C)C(O)CC(=O)NC(C(=O)NC(O[C@@H]1O[C@@H](C)[C@@H](N)[C@@H](O)[C@H]1O)C(O)c1nc(-c2nc(C(=O)NCCCC(N)CC(=O)NCCCNCCCCN)cs2)cs1)C(C)O)C(O[C@H]1O[C@@H](CO)[C@@H](O)[C@H](O)[C@@H]1O[C@H]1O[C@H](CO)[C@H](O)[C@H](NC(=O)O)[C@@H]1O)c1cnc[nH]1. The number of nitrogen functional groups attached to an aromatic ring is 1. The molecule has 36 N–H and O–H groups in total. The van der Waals surface area contributed by atoms with E-state index in [1.165, 1.54) is 24.6 Å². The summed E-state index contributed by atoms with van der Waals surface area (Å²) in [6.45, 7) is 5.31. The van der Waals surface area contributed by atoms with Crippen LogP contribution in [0.3, 0.4) is 0 Å². The van der Waals surface area contributed by atoms with Gasteiger partial charge in [-0.05, 0) is 79.4 Å². The van der Waals surface area contributed by atoms with Crippen molar-refractivity contribution in [3.63, 3.8) is 0 Å². The standard InChI is InChI=1S/C68H110N22O27S2/c1-25-42(86-57(89-55(25)74)31(16-38(72)95)80-18-30(71)56(75)105)59(107)87-45(53(32-19-77-24-81-32)115-67-54(50(102)47(99)37(21-92)114-67)116-65-49(101)44(88-68(110)111)46(98)36(20-91)113-65)61(109)82-26(2)35(94)17-40(97)85-43(27(3)93)60(108)90-62(117-66-51(103)48(100)41(73)28(4)112-66)52(104)64-84-34(23-119-64)63-83-33(22-118-63)58(106)79-13-7-9-29(70)15-39(96)78-14-8-12-76-11-6-5-10-69/h19,22-24,26-31,35-37,41,43-54,62,65-67,76,80,88,91-94,98-104H,5-18,20-21,69-71,73H2,1-4H3,(H2,72,95)(H2,75,105)(H,77,81)(H,78,96)(H,79,106)(H,82,109)(H,85,97)(H,87,107)(H,90,108)(H,110,111)(H2,74,86,89)/t26?,27?,28-,29?,30?,31?,35?,36+,37-,41+,43?,44-,45?,46-,47+,48+,49-,50-,51+,52?,53?,54-,62?,65+,66-,67+/m0/s1. The van der Waals surface area contributed by atoms with Gasteiger partial charge in [-0.1, -0.05) is 0 Å². The highest BCUT2D eigenvalue weighted by molar-refractivity contribution is 7.14. The van der Waals surface area contributed by atoms with Crippen molar-refractivity contribution in [1.82, 2.24) is 77.8 Å². The summed E-state index contributed by atoms with van der Waals surface area (Å²) in [4.78, 5) is 145. The van der Waals surface area contributed by atoms with Crippen LogP contribution >= 0.6 is 22.7 Å². The van der Waals surface area contributed by atoms with Gasteiger partial charge in [0.25, 0.3) is 11.8 Å². The summed E-state index contributed by atoms with van der Waals surface area (Å²) in [6, 6.07) is -12.1. The van der Waals surface area contributed by atoms with Crippen LogP contribution in [0.1, 0.15) is 133 Å². The number of carboxylic acid groups (broad SMARTS) is 1. The van der Waals surface area contributed by atoms with Crippen LogP contribution in [0.4, 0.5) is 10.6 Å². The number of nitrogens with zero attached hydrogens (tertiary/aromatic N) is 5. The van der Waals surface area contributed by atoms with E-state index in [-0.39, 0.29) is 51.5 Å². The lowest BCUT2D eigenvalue weighted by Crippen LogP contribution is -2.67. The van der Waals surface area contributed by atoms with Gasteiger partial charge in [0.15, 0.2) is 31.2 Å². The van der Waals surface area contributed by atoms with Crippen LogP contribution < -0.4 is 88.0 Å². The van der Waals surface area contributed by atoms with E-state index in [0.29, 0.717) is 25.9 Å². The van der Waals surface area contributed by atoms with Gasteiger partial charge in [0.05, 0.1) is 86.4 Å². The molecule has 4 aromatic heterocycles. The Morgan fingerprint density at radius 1 is 0.697 bits per heavy atom. The number of anilines is 1. The second kappa shape index (κ2) is 46.5. The molecule has 3 aliphatic heterocycles. The zero-order chi connectivity index (χ0) is 87.8. The summed E-state index contributed by atoms with van der Waals surface area (Å²) in [5, 5.41) is 158. The third-order valence-corrected chi connectivity index (χ3v) is 21.2. The minimum absolute atomic E-state index is 0.00866. The maximum Gasteiger partial charge on any atom is 0.405 e. The smallest absolute Gasteiger partial charge is 0.405 e. The normalized spacial score (nSPS) is 26.0. The van der Waals surface area contributed by atoms with E-state index in [1.54, 1.807) is 0 Å². The van der Waals surface area contributed by atoms with E-state index in [0.717, 1.165) is 81.4 Å². The number of ether oxygens (including phenoxy) is 6. The van der Waals surface area contributed by atoms with Gasteiger partial charge in [-0.2, -0.15) is 0 Å². The molecule has 3 fully saturated rings. The maximum atomic E-state index is 15.3. The number of imidazole rings is 1. The second-order valence-corrected chi connectivity index (χ2v) is 30.4. The van der Waals surface area contributed by atoms with Crippen molar-refractivity contribution in [2.75, 3.05) is 58.2 Å². The molecule has 4 aromatic rings. The predicted octanol–water partition coefficient (Wildman–Crippen LogP) is -11.1. The van der Waals surface area contributed by atoms with Gasteiger partial charge in [-0.3, -0.25) is 38.4 Å². The molecule has 7 heterocycles. The molecule has 3 saturated heterocycles. The Hall–Kier alpha value is -8.54. The monoisotopic (exact) mass is 1730 g/mol. The van der Waals surface area contributed by atoms with Crippen molar-refractivity contribution in [2.45, 2.75) is 238 Å². The molecule has 11 unspecified atom stereocenters. The Morgan fingerprint density at radius 3 is 2.03 bits per heavy atom. The van der Waals surface area contributed by atoms with Crippen LogP contribution in [0.15, 0.2) is 23.3 Å². The molecule has 26 atom stereocenters. The number of nitrogens with one attached hydrogen (secondary N) is 10. The number of nitrogens with two attached hydrogens (primary N) is 7. The maximum absolute atomic E-state index is 15.3. The van der Waals surface area contributed by atoms with Crippen LogP contribution in [-0.2, 0) is 57.2 Å². The first kappa shape index (κ1) is 97.6. The molecule has 0 saturated carbocycles. The van der Waals surface area contributed by atoms with Crippen molar-refractivity contribution in [2.24, 2.45) is 34.4 Å². The summed E-state index contributed by atoms with van der Waals surface area (Å²) >= 11 is 1.83. The molecule has 0 bridgehead atoms. The third-order valence-electron chi connectivity index (χ3n) is 19.4. The first-order chi connectivity index (χ1) is 56.4. The van der Waals surface area contributed by atoms with E-state index < -0.39 is 256 Å². The molecule has 3 aliphatic rings. The minimum atomic E-state index is -2.28.